The van der Waals surface area contributed by atoms with Crippen molar-refractivity contribution in [1.29, 1.82) is 0 Å². The van der Waals surface area contributed by atoms with Gasteiger partial charge in [-0.25, -0.2) is 9.37 Å². The number of phenolic OH excluding ortho intramolecular Hbond substituents is 1. The smallest absolute Gasteiger partial charge is 0.270 e. The Balaban J connectivity index is 1.24. The number of aromatic hydroxyl groups is 1. The van der Waals surface area contributed by atoms with Crippen molar-refractivity contribution in [3.05, 3.63) is 89.9 Å². The van der Waals surface area contributed by atoms with Gasteiger partial charge in [-0.15, -0.1) is 5.11 Å². The molecule has 1 aliphatic heterocycles. The number of aryl methyl sites for hydroxylation is 1. The second kappa shape index (κ2) is 12.7. The first-order chi connectivity index (χ1) is 19.5. The van der Waals surface area contributed by atoms with Crippen LogP contribution in [-0.4, -0.2) is 40.9 Å². The lowest BCUT2D eigenvalue weighted by Crippen LogP contribution is -2.43. The van der Waals surface area contributed by atoms with Gasteiger partial charge in [0.05, 0.1) is 25.5 Å². The zero-order chi connectivity index (χ0) is 27.9. The highest BCUT2D eigenvalue weighted by Gasteiger charge is 2.23. The molecule has 1 unspecified atom stereocenters. The first kappa shape index (κ1) is 27.2. The number of ether oxygens (including phenoxy) is 1. The lowest BCUT2D eigenvalue weighted by atomic mass is 10.0. The number of halogens is 1. The van der Waals surface area contributed by atoms with Crippen molar-refractivity contribution in [2.75, 3.05) is 29.9 Å². The van der Waals surface area contributed by atoms with Crippen LogP contribution in [0.2, 0.25) is 0 Å². The molecule has 8 nitrogen and oxygen atoms in total. The molecule has 3 aromatic carbocycles. The minimum absolute atomic E-state index is 0.0576. The van der Waals surface area contributed by atoms with E-state index >= 15 is 0 Å². The van der Waals surface area contributed by atoms with Crippen LogP contribution in [0, 0.1) is 5.82 Å². The Morgan fingerprint density at radius 1 is 1.02 bits per heavy atom. The summed E-state index contributed by atoms with van der Waals surface area (Å²) in [5.41, 5.74) is 6.14. The lowest BCUT2D eigenvalue weighted by Gasteiger charge is -2.33. The molecular weight excluding hydrogens is 507 g/mol. The maximum atomic E-state index is 14.5. The van der Waals surface area contributed by atoms with Crippen LogP contribution < -0.4 is 10.2 Å². The highest BCUT2D eigenvalue weighted by atomic mass is 19.1. The van der Waals surface area contributed by atoms with Gasteiger partial charge in [0.25, 0.3) is 5.95 Å². The molecule has 0 spiro atoms. The van der Waals surface area contributed by atoms with Gasteiger partial charge >= 0.3 is 0 Å². The van der Waals surface area contributed by atoms with E-state index in [-0.39, 0.29) is 23.6 Å². The predicted octanol–water partition coefficient (Wildman–Crippen LogP) is 7.19. The molecule has 0 radical (unpaired) electrons. The molecule has 2 heterocycles. The molecule has 4 aromatic rings. The van der Waals surface area contributed by atoms with Crippen molar-refractivity contribution in [2.24, 2.45) is 10.2 Å². The molecule has 2 N–H and O–H groups in total. The van der Waals surface area contributed by atoms with Gasteiger partial charge in [-0.05, 0) is 71.5 Å². The molecule has 1 saturated heterocycles. The summed E-state index contributed by atoms with van der Waals surface area (Å²) in [5, 5.41) is 21.7. The van der Waals surface area contributed by atoms with Gasteiger partial charge in [-0.3, -0.25) is 0 Å². The van der Waals surface area contributed by atoms with Crippen LogP contribution in [0.25, 0.3) is 11.1 Å². The number of aromatic nitrogens is 2. The van der Waals surface area contributed by atoms with Gasteiger partial charge in [-0.1, -0.05) is 44.2 Å². The standard InChI is InChI=1S/C31H33FN6O2/c1-3-21-16-26(35-25-11-8-22(9-12-25)23-6-5-7-27(39)17-23)13-10-24(21)18-34-37-31-33-19-29(32)30(36-31)38-14-15-40-28(4-2)20-38/h5-13,16-17,19,28,35,39H,3-4,14-15,18,20H2,1-2H3. The number of benzene rings is 3. The average Bonchev–Trinajstić information content (AvgIpc) is 2.99. The molecule has 1 aromatic heterocycles. The van der Waals surface area contributed by atoms with E-state index < -0.39 is 5.82 Å². The van der Waals surface area contributed by atoms with Gasteiger partial charge in [0, 0.05) is 24.5 Å². The molecule has 1 fully saturated rings. The summed E-state index contributed by atoms with van der Waals surface area (Å²) in [4.78, 5) is 10.2. The SMILES string of the molecule is CCc1cc(Nc2ccc(-c3cccc(O)c3)cc2)ccc1CN=Nc1ncc(F)c(N2CCOC(CC)C2)n1. The number of hydrogen-bond donors (Lipinski definition) is 2. The highest BCUT2D eigenvalue weighted by molar-refractivity contribution is 5.69. The summed E-state index contributed by atoms with van der Waals surface area (Å²) in [5.74, 6) is 0.160. The third kappa shape index (κ3) is 6.60. The fourth-order valence-corrected chi connectivity index (χ4v) is 4.74. The first-order valence-electron chi connectivity index (χ1n) is 13.6. The van der Waals surface area contributed by atoms with Crippen LogP contribution >= 0.6 is 0 Å². The van der Waals surface area contributed by atoms with Gasteiger partial charge < -0.3 is 20.1 Å². The maximum Gasteiger partial charge on any atom is 0.270 e. The number of anilines is 3. The van der Waals surface area contributed by atoms with Gasteiger partial charge in [0.2, 0.25) is 0 Å². The predicted molar refractivity (Wildman–Crippen MR) is 155 cm³/mol. The van der Waals surface area contributed by atoms with Gasteiger partial charge in [0.15, 0.2) is 11.6 Å². The van der Waals surface area contributed by atoms with Crippen LogP contribution in [0.15, 0.2) is 83.2 Å². The van der Waals surface area contributed by atoms with Crippen molar-refractivity contribution < 1.29 is 14.2 Å². The van der Waals surface area contributed by atoms with Crippen molar-refractivity contribution in [2.45, 2.75) is 39.3 Å². The summed E-state index contributed by atoms with van der Waals surface area (Å²) in [6.45, 7) is 6.21. The van der Waals surface area contributed by atoms with Crippen molar-refractivity contribution in [1.82, 2.24) is 9.97 Å². The minimum atomic E-state index is -0.471. The van der Waals surface area contributed by atoms with Gasteiger partial charge in [-0.2, -0.15) is 10.1 Å². The number of nitrogens with zero attached hydrogens (tertiary/aromatic N) is 5. The Morgan fingerprint density at radius 2 is 1.85 bits per heavy atom. The number of rotatable bonds is 9. The van der Waals surface area contributed by atoms with Crippen molar-refractivity contribution >= 4 is 23.1 Å². The van der Waals surface area contributed by atoms with Crippen LogP contribution in [0.3, 0.4) is 0 Å². The summed E-state index contributed by atoms with van der Waals surface area (Å²) in [6.07, 6.45) is 2.91. The average molecular weight is 541 g/mol. The van der Waals surface area contributed by atoms with E-state index in [1.807, 2.05) is 60.4 Å². The second-order valence-electron chi connectivity index (χ2n) is 9.68. The molecule has 0 amide bonds. The summed E-state index contributed by atoms with van der Waals surface area (Å²) < 4.78 is 20.2. The second-order valence-corrected chi connectivity index (χ2v) is 9.68. The molecule has 0 bridgehead atoms. The van der Waals surface area contributed by atoms with Gasteiger partial charge in [0.1, 0.15) is 5.75 Å². The quantitative estimate of drug-likeness (QED) is 0.218. The maximum absolute atomic E-state index is 14.5. The number of hydrogen-bond acceptors (Lipinski definition) is 8. The lowest BCUT2D eigenvalue weighted by molar-refractivity contribution is 0.0379. The van der Waals surface area contributed by atoms with E-state index in [1.165, 1.54) is 0 Å². The van der Waals surface area contributed by atoms with E-state index in [0.717, 1.165) is 52.7 Å². The van der Waals surface area contributed by atoms with Crippen LogP contribution in [0.1, 0.15) is 31.4 Å². The third-order valence-corrected chi connectivity index (χ3v) is 6.95. The van der Waals surface area contributed by atoms with E-state index in [1.54, 1.807) is 12.1 Å². The van der Waals surface area contributed by atoms with E-state index in [0.29, 0.717) is 26.2 Å². The summed E-state index contributed by atoms with van der Waals surface area (Å²) >= 11 is 0. The molecule has 0 saturated carbocycles. The Hall–Kier alpha value is -4.37. The zero-order valence-electron chi connectivity index (χ0n) is 22.7. The van der Waals surface area contributed by atoms with E-state index in [4.69, 9.17) is 4.74 Å². The van der Waals surface area contributed by atoms with E-state index in [9.17, 15) is 9.50 Å². The molecule has 5 rings (SSSR count). The Bertz CT molecular complexity index is 1480. The molecule has 0 aliphatic carbocycles. The first-order valence-corrected chi connectivity index (χ1v) is 13.6. The van der Waals surface area contributed by atoms with E-state index in [2.05, 4.69) is 38.5 Å². The molecule has 9 heteroatoms. The Morgan fingerprint density at radius 3 is 2.62 bits per heavy atom. The Kier molecular flexibility index (Phi) is 8.61. The minimum Gasteiger partial charge on any atom is -0.508 e. The normalized spacial score (nSPS) is 15.5. The monoisotopic (exact) mass is 540 g/mol. The largest absolute Gasteiger partial charge is 0.508 e. The number of morpholine rings is 1. The van der Waals surface area contributed by atoms with Crippen molar-refractivity contribution in [3.8, 4) is 16.9 Å². The number of azo groups is 1. The van der Waals surface area contributed by atoms with Crippen LogP contribution in [0.5, 0.6) is 5.75 Å². The molecule has 206 valence electrons. The molecular formula is C31H33FN6O2. The molecule has 1 atom stereocenters. The topological polar surface area (TPSA) is 95.2 Å². The fraction of sp³-hybridized carbons (Fsp3) is 0.290. The van der Waals surface area contributed by atoms with Crippen LogP contribution in [-0.2, 0) is 17.7 Å². The van der Waals surface area contributed by atoms with Crippen molar-refractivity contribution in [3.63, 3.8) is 0 Å². The summed E-state index contributed by atoms with van der Waals surface area (Å²) in [7, 11) is 0. The third-order valence-electron chi connectivity index (χ3n) is 6.95. The molecule has 1 aliphatic rings. The number of phenols is 1. The number of nitrogens with one attached hydrogen (secondary N) is 1. The molecule has 40 heavy (non-hydrogen) atoms. The Labute approximate surface area is 233 Å². The fourth-order valence-electron chi connectivity index (χ4n) is 4.74. The summed E-state index contributed by atoms with van der Waals surface area (Å²) in [6, 6.07) is 21.5. The van der Waals surface area contributed by atoms with Crippen LogP contribution in [0.4, 0.5) is 27.5 Å². The zero-order valence-corrected chi connectivity index (χ0v) is 22.7. The highest BCUT2D eigenvalue weighted by Crippen LogP contribution is 2.27.